The second kappa shape index (κ2) is 7.82. The fourth-order valence-corrected chi connectivity index (χ4v) is 2.94. The van der Waals surface area contributed by atoms with Gasteiger partial charge in [-0.25, -0.2) is 4.79 Å². The first kappa shape index (κ1) is 18.3. The molecular weight excluding hydrogens is 346 g/mol. The maximum atomic E-state index is 13.0. The van der Waals surface area contributed by atoms with E-state index in [9.17, 15) is 9.59 Å². The first-order valence-electron chi connectivity index (χ1n) is 8.39. The van der Waals surface area contributed by atoms with Crippen LogP contribution in [0.4, 0.5) is 10.5 Å². The van der Waals surface area contributed by atoms with Crippen molar-refractivity contribution in [3.05, 3.63) is 65.4 Å². The van der Waals surface area contributed by atoms with Crippen LogP contribution >= 0.6 is 0 Å². The van der Waals surface area contributed by atoms with Crippen molar-refractivity contribution < 1.29 is 19.1 Å². The molecule has 1 unspecified atom stereocenters. The van der Waals surface area contributed by atoms with Gasteiger partial charge in [0, 0.05) is 17.5 Å². The summed E-state index contributed by atoms with van der Waals surface area (Å²) in [5, 5.41) is 8.33. The van der Waals surface area contributed by atoms with Crippen LogP contribution in [0.3, 0.4) is 0 Å². The Balaban J connectivity index is 1.91. The molecule has 0 spiro atoms. The minimum Gasteiger partial charge on any atom is -0.497 e. The molecule has 7 nitrogen and oxygen atoms in total. The van der Waals surface area contributed by atoms with Crippen molar-refractivity contribution >= 4 is 17.6 Å². The smallest absolute Gasteiger partial charge is 0.319 e. The van der Waals surface area contributed by atoms with Crippen LogP contribution in [0.5, 0.6) is 11.5 Å². The summed E-state index contributed by atoms with van der Waals surface area (Å²) in [6, 6.07) is 13.4. The molecule has 0 aliphatic carbocycles. The van der Waals surface area contributed by atoms with Crippen LogP contribution in [-0.4, -0.2) is 26.2 Å². The number of hydrogen-bond acceptors (Lipinski definition) is 4. The molecule has 2 aromatic rings. The molecule has 0 aromatic heterocycles. The lowest BCUT2D eigenvalue weighted by atomic mass is 9.94. The Morgan fingerprint density at radius 3 is 2.41 bits per heavy atom. The van der Waals surface area contributed by atoms with Crippen LogP contribution in [0, 0.1) is 0 Å². The number of rotatable bonds is 5. The number of allylic oxidation sites excluding steroid dienone is 1. The van der Waals surface area contributed by atoms with Crippen molar-refractivity contribution in [2.45, 2.75) is 13.0 Å². The lowest BCUT2D eigenvalue weighted by Gasteiger charge is -2.28. The Bertz CT molecular complexity index is 890. The maximum absolute atomic E-state index is 13.0. The standard InChI is InChI=1S/C20H21N3O4/c1-12-17(19(24)22-14-5-4-6-16(11-14)27-3)18(23-20(25)21-12)13-7-9-15(26-2)10-8-13/h4-11,18H,1-3H3,(H,22,24)(H2,21,23,25). The first-order valence-corrected chi connectivity index (χ1v) is 8.39. The number of carbonyl (C=O) groups is 2. The summed E-state index contributed by atoms with van der Waals surface area (Å²) in [4.78, 5) is 24.9. The highest BCUT2D eigenvalue weighted by Gasteiger charge is 2.31. The molecule has 27 heavy (non-hydrogen) atoms. The molecule has 0 radical (unpaired) electrons. The fraction of sp³-hybridized carbons (Fsp3) is 0.200. The summed E-state index contributed by atoms with van der Waals surface area (Å²) < 4.78 is 10.4. The zero-order valence-electron chi connectivity index (χ0n) is 15.3. The molecule has 3 rings (SSSR count). The SMILES string of the molecule is COc1ccc(C2NC(=O)NC(C)=C2C(=O)Nc2cccc(OC)c2)cc1. The average Bonchev–Trinajstić information content (AvgIpc) is 2.67. The molecule has 140 valence electrons. The van der Waals surface area contributed by atoms with Gasteiger partial charge in [-0.1, -0.05) is 18.2 Å². The van der Waals surface area contributed by atoms with Crippen LogP contribution in [-0.2, 0) is 4.79 Å². The molecule has 0 saturated carbocycles. The van der Waals surface area contributed by atoms with Crippen LogP contribution in [0.25, 0.3) is 0 Å². The van der Waals surface area contributed by atoms with Gasteiger partial charge in [-0.15, -0.1) is 0 Å². The molecule has 3 amide bonds. The quantitative estimate of drug-likeness (QED) is 0.758. The summed E-state index contributed by atoms with van der Waals surface area (Å²) in [6.07, 6.45) is 0. The van der Waals surface area contributed by atoms with Gasteiger partial charge in [0.25, 0.3) is 5.91 Å². The van der Waals surface area contributed by atoms with E-state index in [2.05, 4.69) is 16.0 Å². The lowest BCUT2D eigenvalue weighted by Crippen LogP contribution is -2.45. The number of nitrogens with one attached hydrogen (secondary N) is 3. The summed E-state index contributed by atoms with van der Waals surface area (Å²) in [7, 11) is 3.15. The molecule has 0 saturated heterocycles. The summed E-state index contributed by atoms with van der Waals surface area (Å²) in [5.41, 5.74) is 2.31. The van der Waals surface area contributed by atoms with E-state index >= 15 is 0 Å². The van der Waals surface area contributed by atoms with E-state index in [4.69, 9.17) is 9.47 Å². The van der Waals surface area contributed by atoms with Gasteiger partial charge < -0.3 is 25.4 Å². The second-order valence-electron chi connectivity index (χ2n) is 6.03. The number of urea groups is 1. The third kappa shape index (κ3) is 4.03. The Labute approximate surface area is 157 Å². The van der Waals surface area contributed by atoms with Crippen molar-refractivity contribution in [1.82, 2.24) is 10.6 Å². The van der Waals surface area contributed by atoms with E-state index in [1.54, 1.807) is 57.5 Å². The molecule has 1 aliphatic rings. The minimum absolute atomic E-state index is 0.311. The summed E-state index contributed by atoms with van der Waals surface area (Å²) >= 11 is 0. The number of hydrogen-bond donors (Lipinski definition) is 3. The van der Waals surface area contributed by atoms with E-state index in [0.717, 1.165) is 5.56 Å². The summed E-state index contributed by atoms with van der Waals surface area (Å²) in [5.74, 6) is 1.02. The van der Waals surface area contributed by atoms with Gasteiger partial charge in [0.1, 0.15) is 11.5 Å². The zero-order chi connectivity index (χ0) is 19.4. The largest absolute Gasteiger partial charge is 0.497 e. The number of ether oxygens (including phenoxy) is 2. The normalized spacial score (nSPS) is 16.3. The number of anilines is 1. The molecule has 1 heterocycles. The number of benzene rings is 2. The highest BCUT2D eigenvalue weighted by Crippen LogP contribution is 2.29. The van der Waals surface area contributed by atoms with Gasteiger partial charge in [-0.2, -0.15) is 0 Å². The third-order valence-corrected chi connectivity index (χ3v) is 4.29. The molecular formula is C20H21N3O4. The van der Waals surface area contributed by atoms with E-state index in [1.165, 1.54) is 0 Å². The van der Waals surface area contributed by atoms with Crippen LogP contribution in [0.1, 0.15) is 18.5 Å². The van der Waals surface area contributed by atoms with Gasteiger partial charge in [0.05, 0.1) is 25.8 Å². The van der Waals surface area contributed by atoms with Gasteiger partial charge >= 0.3 is 6.03 Å². The highest BCUT2D eigenvalue weighted by atomic mass is 16.5. The van der Waals surface area contributed by atoms with Crippen molar-refractivity contribution in [1.29, 1.82) is 0 Å². The third-order valence-electron chi connectivity index (χ3n) is 4.29. The van der Waals surface area contributed by atoms with Gasteiger partial charge in [-0.05, 0) is 36.8 Å². The van der Waals surface area contributed by atoms with Gasteiger partial charge in [0.2, 0.25) is 0 Å². The van der Waals surface area contributed by atoms with Crippen molar-refractivity contribution in [2.75, 3.05) is 19.5 Å². The first-order chi connectivity index (χ1) is 13.0. The average molecular weight is 367 g/mol. The van der Waals surface area contributed by atoms with Crippen LogP contribution in [0.2, 0.25) is 0 Å². The van der Waals surface area contributed by atoms with Gasteiger partial charge in [0.15, 0.2) is 0 Å². The Kier molecular flexibility index (Phi) is 5.30. The Hall–Kier alpha value is -3.48. The van der Waals surface area contributed by atoms with E-state index in [-0.39, 0.29) is 11.9 Å². The van der Waals surface area contributed by atoms with E-state index in [0.29, 0.717) is 28.5 Å². The van der Waals surface area contributed by atoms with Crippen LogP contribution in [0.15, 0.2) is 59.8 Å². The Morgan fingerprint density at radius 1 is 1.04 bits per heavy atom. The minimum atomic E-state index is -0.574. The number of methoxy groups -OCH3 is 2. The molecule has 3 N–H and O–H groups in total. The number of amides is 3. The monoisotopic (exact) mass is 367 g/mol. The molecule has 7 heteroatoms. The maximum Gasteiger partial charge on any atom is 0.319 e. The van der Waals surface area contributed by atoms with Crippen LogP contribution < -0.4 is 25.4 Å². The van der Waals surface area contributed by atoms with E-state index < -0.39 is 6.04 Å². The van der Waals surface area contributed by atoms with Gasteiger partial charge in [-0.3, -0.25) is 4.79 Å². The number of carbonyl (C=O) groups excluding carboxylic acids is 2. The van der Waals surface area contributed by atoms with E-state index in [1.807, 2.05) is 12.1 Å². The molecule has 0 bridgehead atoms. The molecule has 2 aromatic carbocycles. The molecule has 0 fully saturated rings. The van der Waals surface area contributed by atoms with Crippen molar-refractivity contribution in [3.63, 3.8) is 0 Å². The predicted molar refractivity (Wildman–Crippen MR) is 102 cm³/mol. The van der Waals surface area contributed by atoms with Crippen molar-refractivity contribution in [2.24, 2.45) is 0 Å². The second-order valence-corrected chi connectivity index (χ2v) is 6.03. The fourth-order valence-electron chi connectivity index (χ4n) is 2.94. The lowest BCUT2D eigenvalue weighted by molar-refractivity contribution is -0.113. The zero-order valence-corrected chi connectivity index (χ0v) is 15.3. The topological polar surface area (TPSA) is 88.7 Å². The van der Waals surface area contributed by atoms with Crippen molar-refractivity contribution in [3.8, 4) is 11.5 Å². The Morgan fingerprint density at radius 2 is 1.74 bits per heavy atom. The predicted octanol–water partition coefficient (Wildman–Crippen LogP) is 2.97. The molecule has 1 aliphatic heterocycles. The summed E-state index contributed by atoms with van der Waals surface area (Å²) in [6.45, 7) is 1.70. The molecule has 1 atom stereocenters. The highest BCUT2D eigenvalue weighted by molar-refractivity contribution is 6.06.